The van der Waals surface area contributed by atoms with Crippen LogP contribution in [-0.2, 0) is 16.0 Å². The van der Waals surface area contributed by atoms with Gasteiger partial charge in [0.05, 0.1) is 6.61 Å². The van der Waals surface area contributed by atoms with E-state index in [0.717, 1.165) is 16.8 Å². The minimum absolute atomic E-state index is 0.128. The summed E-state index contributed by atoms with van der Waals surface area (Å²) >= 11 is 0. The Morgan fingerprint density at radius 2 is 1.94 bits per heavy atom. The highest BCUT2D eigenvalue weighted by atomic mass is 16.5. The standard InChI is InChI=1S/C24H28N4O4/c1-18-6-8-19(9-7-18)22-17-21(27-32-22)24(30)28(15-16-31-2)14-11-23(29)26-13-10-20-5-3-4-12-25-20/h3-9,12,17H,10-11,13-16H2,1-2H3,(H,26,29). The molecule has 0 saturated carbocycles. The van der Waals surface area contributed by atoms with Crippen LogP contribution in [0.1, 0.15) is 28.2 Å². The summed E-state index contributed by atoms with van der Waals surface area (Å²) in [5.41, 5.74) is 3.10. The van der Waals surface area contributed by atoms with E-state index in [9.17, 15) is 9.59 Å². The summed E-state index contributed by atoms with van der Waals surface area (Å²) in [6, 6.07) is 15.1. The number of carbonyl (C=O) groups excluding carboxylic acids is 2. The number of aromatic nitrogens is 2. The van der Waals surface area contributed by atoms with Gasteiger partial charge in [-0.25, -0.2) is 0 Å². The number of carbonyl (C=O) groups is 2. The summed E-state index contributed by atoms with van der Waals surface area (Å²) in [5, 5.41) is 6.81. The third-order valence-corrected chi connectivity index (χ3v) is 4.96. The molecule has 3 aromatic rings. The summed E-state index contributed by atoms with van der Waals surface area (Å²) in [7, 11) is 1.57. The number of hydrogen-bond acceptors (Lipinski definition) is 6. The fraction of sp³-hybridized carbons (Fsp3) is 0.333. The van der Waals surface area contributed by atoms with Gasteiger partial charge in [-0.2, -0.15) is 0 Å². The van der Waals surface area contributed by atoms with E-state index >= 15 is 0 Å². The molecule has 0 aliphatic rings. The molecular weight excluding hydrogens is 408 g/mol. The molecule has 0 spiro atoms. The molecule has 3 rings (SSSR count). The first kappa shape index (κ1) is 23.1. The highest BCUT2D eigenvalue weighted by molar-refractivity contribution is 5.93. The maximum atomic E-state index is 13.0. The highest BCUT2D eigenvalue weighted by Crippen LogP contribution is 2.21. The summed E-state index contributed by atoms with van der Waals surface area (Å²) in [6.45, 7) is 3.45. The van der Waals surface area contributed by atoms with E-state index in [1.807, 2.05) is 49.4 Å². The summed E-state index contributed by atoms with van der Waals surface area (Å²) in [6.07, 6.45) is 2.56. The van der Waals surface area contributed by atoms with E-state index < -0.39 is 0 Å². The summed E-state index contributed by atoms with van der Waals surface area (Å²) < 4.78 is 10.5. The lowest BCUT2D eigenvalue weighted by Crippen LogP contribution is -2.37. The fourth-order valence-corrected chi connectivity index (χ4v) is 3.11. The number of rotatable bonds is 11. The van der Waals surface area contributed by atoms with Gasteiger partial charge in [0.1, 0.15) is 0 Å². The highest BCUT2D eigenvalue weighted by Gasteiger charge is 2.21. The van der Waals surface area contributed by atoms with Gasteiger partial charge >= 0.3 is 0 Å². The summed E-state index contributed by atoms with van der Waals surface area (Å²) in [4.78, 5) is 31.0. The molecule has 0 fully saturated rings. The molecule has 2 aromatic heterocycles. The average Bonchev–Trinajstić information content (AvgIpc) is 3.30. The molecule has 0 radical (unpaired) electrons. The predicted molar refractivity (Wildman–Crippen MR) is 120 cm³/mol. The smallest absolute Gasteiger partial charge is 0.276 e. The van der Waals surface area contributed by atoms with Crippen molar-refractivity contribution < 1.29 is 18.8 Å². The third-order valence-electron chi connectivity index (χ3n) is 4.96. The molecule has 0 bridgehead atoms. The normalized spacial score (nSPS) is 10.7. The Morgan fingerprint density at radius 1 is 1.12 bits per heavy atom. The van der Waals surface area contributed by atoms with Gasteiger partial charge in [0.2, 0.25) is 5.91 Å². The van der Waals surface area contributed by atoms with Crippen molar-refractivity contribution >= 4 is 11.8 Å². The number of nitrogens with zero attached hydrogens (tertiary/aromatic N) is 3. The molecule has 8 nitrogen and oxygen atoms in total. The Morgan fingerprint density at radius 3 is 2.66 bits per heavy atom. The first-order valence-corrected chi connectivity index (χ1v) is 10.6. The molecule has 1 N–H and O–H groups in total. The Balaban J connectivity index is 1.55. The van der Waals surface area contributed by atoms with E-state index in [1.165, 1.54) is 0 Å². The van der Waals surface area contributed by atoms with Gasteiger partial charge in [0.25, 0.3) is 5.91 Å². The Labute approximate surface area is 187 Å². The van der Waals surface area contributed by atoms with Crippen LogP contribution >= 0.6 is 0 Å². The number of hydrogen-bond donors (Lipinski definition) is 1. The first-order valence-electron chi connectivity index (χ1n) is 10.6. The van der Waals surface area contributed by atoms with Crippen molar-refractivity contribution in [2.24, 2.45) is 0 Å². The minimum atomic E-state index is -0.301. The monoisotopic (exact) mass is 436 g/mol. The zero-order chi connectivity index (χ0) is 22.8. The van der Waals surface area contributed by atoms with Crippen LogP contribution in [0, 0.1) is 6.92 Å². The third kappa shape index (κ3) is 6.75. The second-order valence-corrected chi connectivity index (χ2v) is 7.40. The molecule has 0 atom stereocenters. The number of amides is 2. The lowest BCUT2D eigenvalue weighted by Gasteiger charge is -2.21. The quantitative estimate of drug-likeness (QED) is 0.496. The second-order valence-electron chi connectivity index (χ2n) is 7.40. The van der Waals surface area contributed by atoms with Gasteiger partial charge in [-0.05, 0) is 19.1 Å². The van der Waals surface area contributed by atoms with E-state index in [0.29, 0.717) is 31.9 Å². The predicted octanol–water partition coefficient (Wildman–Crippen LogP) is 2.88. The van der Waals surface area contributed by atoms with Crippen molar-refractivity contribution in [3.05, 3.63) is 71.7 Å². The van der Waals surface area contributed by atoms with Crippen molar-refractivity contribution in [3.8, 4) is 11.3 Å². The lowest BCUT2D eigenvalue weighted by molar-refractivity contribution is -0.121. The van der Waals surface area contributed by atoms with Gasteiger partial charge in [-0.15, -0.1) is 0 Å². The van der Waals surface area contributed by atoms with Crippen LogP contribution in [0.4, 0.5) is 0 Å². The maximum Gasteiger partial charge on any atom is 0.276 e. The van der Waals surface area contributed by atoms with E-state index in [4.69, 9.17) is 9.26 Å². The minimum Gasteiger partial charge on any atom is -0.383 e. The maximum absolute atomic E-state index is 13.0. The topological polar surface area (TPSA) is 97.6 Å². The number of aryl methyl sites for hydroxylation is 1. The van der Waals surface area contributed by atoms with Gasteiger partial charge in [0, 0.05) is 63.1 Å². The molecular formula is C24H28N4O4. The molecule has 2 amide bonds. The largest absolute Gasteiger partial charge is 0.383 e. The summed E-state index contributed by atoms with van der Waals surface area (Å²) in [5.74, 6) is 0.0920. The molecule has 32 heavy (non-hydrogen) atoms. The van der Waals surface area contributed by atoms with Crippen LogP contribution in [-0.4, -0.2) is 60.2 Å². The molecule has 8 heteroatoms. The van der Waals surface area contributed by atoms with Gasteiger partial charge in [-0.1, -0.05) is 41.1 Å². The molecule has 2 heterocycles. The van der Waals surface area contributed by atoms with Crippen molar-refractivity contribution in [3.63, 3.8) is 0 Å². The Hall–Kier alpha value is -3.52. The number of nitrogens with one attached hydrogen (secondary N) is 1. The number of pyridine rings is 1. The molecule has 0 aliphatic heterocycles. The van der Waals surface area contributed by atoms with Gasteiger partial charge in [0.15, 0.2) is 11.5 Å². The van der Waals surface area contributed by atoms with Crippen molar-refractivity contribution in [1.82, 2.24) is 20.4 Å². The number of ether oxygens (including phenoxy) is 1. The van der Waals surface area contributed by atoms with Crippen molar-refractivity contribution in [2.75, 3.05) is 33.4 Å². The van der Waals surface area contributed by atoms with E-state index in [1.54, 1.807) is 24.3 Å². The first-order chi connectivity index (χ1) is 15.6. The molecule has 0 aliphatic carbocycles. The molecule has 1 aromatic carbocycles. The van der Waals surface area contributed by atoms with Gasteiger partial charge in [-0.3, -0.25) is 14.6 Å². The molecule has 0 unspecified atom stereocenters. The van der Waals surface area contributed by atoms with E-state index in [-0.39, 0.29) is 30.5 Å². The van der Waals surface area contributed by atoms with Crippen molar-refractivity contribution in [2.45, 2.75) is 19.8 Å². The lowest BCUT2D eigenvalue weighted by atomic mass is 10.1. The molecule has 168 valence electrons. The van der Waals surface area contributed by atoms with Crippen LogP contribution in [0.25, 0.3) is 11.3 Å². The average molecular weight is 437 g/mol. The van der Waals surface area contributed by atoms with E-state index in [2.05, 4.69) is 15.5 Å². The molecule has 0 saturated heterocycles. The second kappa shape index (κ2) is 11.8. The van der Waals surface area contributed by atoms with Crippen LogP contribution in [0.5, 0.6) is 0 Å². The van der Waals surface area contributed by atoms with Crippen LogP contribution < -0.4 is 5.32 Å². The van der Waals surface area contributed by atoms with Gasteiger partial charge < -0.3 is 19.5 Å². The van der Waals surface area contributed by atoms with Crippen LogP contribution in [0.15, 0.2) is 59.3 Å². The number of benzene rings is 1. The van der Waals surface area contributed by atoms with Crippen molar-refractivity contribution in [1.29, 1.82) is 0 Å². The Bertz CT molecular complexity index is 1000. The zero-order valence-corrected chi connectivity index (χ0v) is 18.4. The SMILES string of the molecule is COCCN(CCC(=O)NCCc1ccccn1)C(=O)c1cc(-c2ccc(C)cc2)on1. The van der Waals surface area contributed by atoms with Crippen LogP contribution in [0.2, 0.25) is 0 Å². The number of methoxy groups -OCH3 is 1. The fourth-order valence-electron chi connectivity index (χ4n) is 3.11. The van der Waals surface area contributed by atoms with Crippen LogP contribution in [0.3, 0.4) is 0 Å². The Kier molecular flexibility index (Phi) is 8.51. The zero-order valence-electron chi connectivity index (χ0n) is 18.4.